The van der Waals surface area contributed by atoms with E-state index in [1.54, 1.807) is 13.4 Å². The van der Waals surface area contributed by atoms with Gasteiger partial charge in [-0.2, -0.15) is 0 Å². The quantitative estimate of drug-likeness (QED) is 0.925. The third kappa shape index (κ3) is 2.15. The Hall–Kier alpha value is -2.30. The van der Waals surface area contributed by atoms with Crippen LogP contribution in [-0.4, -0.2) is 30.7 Å². The molecule has 0 saturated carbocycles. The lowest BCUT2D eigenvalue weighted by atomic mass is 10.00. The fourth-order valence-electron chi connectivity index (χ4n) is 2.63. The number of hydrogen-bond donors (Lipinski definition) is 1. The van der Waals surface area contributed by atoms with Gasteiger partial charge in [-0.25, -0.2) is 9.97 Å². The Bertz CT molecular complexity index is 615. The molecule has 0 radical (unpaired) electrons. The molecule has 20 heavy (non-hydrogen) atoms. The minimum Gasteiger partial charge on any atom is -0.490 e. The van der Waals surface area contributed by atoms with Gasteiger partial charge < -0.3 is 15.0 Å². The Morgan fingerprint density at radius 2 is 2.00 bits per heavy atom. The lowest BCUT2D eigenvalue weighted by Crippen LogP contribution is -2.31. The van der Waals surface area contributed by atoms with Gasteiger partial charge in [0.15, 0.2) is 11.6 Å². The van der Waals surface area contributed by atoms with Crippen LogP contribution in [0.1, 0.15) is 11.1 Å². The number of methoxy groups -OCH3 is 1. The first kappa shape index (κ1) is 12.7. The van der Waals surface area contributed by atoms with Crippen molar-refractivity contribution >= 4 is 11.6 Å². The van der Waals surface area contributed by atoms with Crippen molar-refractivity contribution in [1.82, 2.24) is 9.97 Å². The molecule has 0 atom stereocenters. The first-order valence-electron chi connectivity index (χ1n) is 6.72. The van der Waals surface area contributed by atoms with Crippen LogP contribution in [0.2, 0.25) is 0 Å². The van der Waals surface area contributed by atoms with E-state index in [9.17, 15) is 0 Å². The van der Waals surface area contributed by atoms with Crippen molar-refractivity contribution in [2.75, 3.05) is 30.9 Å². The number of nitrogens with one attached hydrogen (secondary N) is 1. The minimum atomic E-state index is 0.703. The summed E-state index contributed by atoms with van der Waals surface area (Å²) in [6, 6.07) is 8.55. The van der Waals surface area contributed by atoms with Gasteiger partial charge in [0.05, 0.1) is 7.11 Å². The minimum absolute atomic E-state index is 0.703. The van der Waals surface area contributed by atoms with Gasteiger partial charge >= 0.3 is 0 Å². The fourth-order valence-corrected chi connectivity index (χ4v) is 2.63. The molecule has 104 valence electrons. The predicted octanol–water partition coefficient (Wildman–Crippen LogP) is 2.09. The van der Waals surface area contributed by atoms with Gasteiger partial charge in [0, 0.05) is 20.1 Å². The van der Waals surface area contributed by atoms with Gasteiger partial charge in [-0.15, -0.1) is 0 Å². The van der Waals surface area contributed by atoms with E-state index < -0.39 is 0 Å². The maximum atomic E-state index is 5.48. The molecule has 1 aromatic carbocycles. The highest BCUT2D eigenvalue weighted by Crippen LogP contribution is 2.34. The fraction of sp³-hybridized carbons (Fsp3) is 0.333. The molecule has 3 rings (SSSR count). The van der Waals surface area contributed by atoms with Crippen molar-refractivity contribution in [3.05, 3.63) is 41.7 Å². The van der Waals surface area contributed by atoms with Crippen molar-refractivity contribution in [3.8, 4) is 5.75 Å². The number of benzene rings is 1. The first-order valence-corrected chi connectivity index (χ1v) is 6.72. The maximum absolute atomic E-state index is 5.48. The molecule has 1 aliphatic rings. The summed E-state index contributed by atoms with van der Waals surface area (Å²) in [5, 5.41) is 3.04. The third-order valence-corrected chi connectivity index (χ3v) is 3.66. The number of rotatable bonds is 3. The highest BCUT2D eigenvalue weighted by atomic mass is 16.5. The van der Waals surface area contributed by atoms with Gasteiger partial charge in [0.1, 0.15) is 6.33 Å². The van der Waals surface area contributed by atoms with E-state index in [1.807, 2.05) is 7.05 Å². The average molecular weight is 270 g/mol. The molecule has 2 aromatic rings. The summed E-state index contributed by atoms with van der Waals surface area (Å²) >= 11 is 0. The summed E-state index contributed by atoms with van der Waals surface area (Å²) in [5.41, 5.74) is 2.77. The SMILES string of the molecule is CNc1ncnc(N2CCc3ccccc3C2)c1OC. The Kier molecular flexibility index (Phi) is 3.41. The van der Waals surface area contributed by atoms with Crippen molar-refractivity contribution in [2.24, 2.45) is 0 Å². The molecule has 0 aliphatic carbocycles. The van der Waals surface area contributed by atoms with Crippen LogP contribution in [0.25, 0.3) is 0 Å². The van der Waals surface area contributed by atoms with Crippen molar-refractivity contribution in [3.63, 3.8) is 0 Å². The molecule has 0 fully saturated rings. The monoisotopic (exact) mass is 270 g/mol. The van der Waals surface area contributed by atoms with Crippen LogP contribution in [0.4, 0.5) is 11.6 Å². The molecule has 0 spiro atoms. The molecule has 2 heterocycles. The summed E-state index contributed by atoms with van der Waals surface area (Å²) in [5.74, 6) is 2.27. The number of nitrogens with zero attached hydrogens (tertiary/aromatic N) is 3. The number of ether oxygens (including phenoxy) is 1. The van der Waals surface area contributed by atoms with E-state index in [0.29, 0.717) is 5.75 Å². The highest BCUT2D eigenvalue weighted by molar-refractivity contribution is 5.65. The summed E-state index contributed by atoms with van der Waals surface area (Å²) < 4.78 is 5.48. The second kappa shape index (κ2) is 5.36. The number of fused-ring (bicyclic) bond motifs is 1. The van der Waals surface area contributed by atoms with E-state index in [4.69, 9.17) is 4.74 Å². The zero-order valence-electron chi connectivity index (χ0n) is 11.8. The summed E-state index contributed by atoms with van der Waals surface area (Å²) in [6.45, 7) is 1.79. The molecule has 0 saturated heterocycles. The molecule has 1 aliphatic heterocycles. The number of anilines is 2. The molecule has 0 unspecified atom stereocenters. The standard InChI is InChI=1S/C15H18N4O/c1-16-14-13(20-2)15(18-10-17-14)19-8-7-11-5-3-4-6-12(11)9-19/h3-6,10H,7-9H2,1-2H3,(H,16,17,18). The normalized spacial score (nSPS) is 13.8. The molecule has 1 aromatic heterocycles. The smallest absolute Gasteiger partial charge is 0.204 e. The van der Waals surface area contributed by atoms with E-state index in [2.05, 4.69) is 44.5 Å². The lowest BCUT2D eigenvalue weighted by Gasteiger charge is -2.30. The van der Waals surface area contributed by atoms with Gasteiger partial charge in [0.2, 0.25) is 5.75 Å². The lowest BCUT2D eigenvalue weighted by molar-refractivity contribution is 0.411. The van der Waals surface area contributed by atoms with Crippen molar-refractivity contribution in [1.29, 1.82) is 0 Å². The first-order chi connectivity index (χ1) is 9.83. The second-order valence-electron chi connectivity index (χ2n) is 4.77. The van der Waals surface area contributed by atoms with Gasteiger partial charge in [-0.1, -0.05) is 24.3 Å². The van der Waals surface area contributed by atoms with Crippen LogP contribution in [0.15, 0.2) is 30.6 Å². The van der Waals surface area contributed by atoms with Crippen LogP contribution in [-0.2, 0) is 13.0 Å². The van der Waals surface area contributed by atoms with Crippen LogP contribution >= 0.6 is 0 Å². The van der Waals surface area contributed by atoms with Crippen LogP contribution in [0.3, 0.4) is 0 Å². The highest BCUT2D eigenvalue weighted by Gasteiger charge is 2.22. The Labute approximate surface area is 118 Å². The van der Waals surface area contributed by atoms with Gasteiger partial charge in [0.25, 0.3) is 0 Å². The second-order valence-corrected chi connectivity index (χ2v) is 4.77. The van der Waals surface area contributed by atoms with E-state index in [0.717, 1.165) is 31.1 Å². The van der Waals surface area contributed by atoms with Crippen molar-refractivity contribution < 1.29 is 4.74 Å². The zero-order valence-corrected chi connectivity index (χ0v) is 11.8. The topological polar surface area (TPSA) is 50.3 Å². The molecule has 1 N–H and O–H groups in total. The average Bonchev–Trinajstić information content (AvgIpc) is 2.53. The van der Waals surface area contributed by atoms with Crippen molar-refractivity contribution in [2.45, 2.75) is 13.0 Å². The van der Waals surface area contributed by atoms with Crippen LogP contribution in [0.5, 0.6) is 5.75 Å². The van der Waals surface area contributed by atoms with E-state index in [-0.39, 0.29) is 0 Å². The number of aromatic nitrogens is 2. The molecule has 0 amide bonds. The summed E-state index contributed by atoms with van der Waals surface area (Å²) in [7, 11) is 3.49. The molecular weight excluding hydrogens is 252 g/mol. The number of hydrogen-bond acceptors (Lipinski definition) is 5. The molecular formula is C15H18N4O. The maximum Gasteiger partial charge on any atom is 0.204 e. The van der Waals surface area contributed by atoms with Crippen LogP contribution in [0, 0.1) is 0 Å². The predicted molar refractivity (Wildman–Crippen MR) is 79.3 cm³/mol. The summed E-state index contributed by atoms with van der Waals surface area (Å²) in [4.78, 5) is 10.8. The summed E-state index contributed by atoms with van der Waals surface area (Å²) in [6.07, 6.45) is 2.60. The Morgan fingerprint density at radius 3 is 2.75 bits per heavy atom. The third-order valence-electron chi connectivity index (χ3n) is 3.66. The molecule has 0 bridgehead atoms. The van der Waals surface area contributed by atoms with E-state index in [1.165, 1.54) is 11.1 Å². The van der Waals surface area contributed by atoms with Gasteiger partial charge in [-0.3, -0.25) is 0 Å². The van der Waals surface area contributed by atoms with Crippen LogP contribution < -0.4 is 15.0 Å². The zero-order chi connectivity index (χ0) is 13.9. The van der Waals surface area contributed by atoms with Gasteiger partial charge in [-0.05, 0) is 17.5 Å². The van der Waals surface area contributed by atoms with E-state index >= 15 is 0 Å². The Balaban J connectivity index is 1.95. The molecule has 5 nitrogen and oxygen atoms in total. The largest absolute Gasteiger partial charge is 0.490 e. The molecule has 5 heteroatoms. The Morgan fingerprint density at radius 1 is 1.20 bits per heavy atom.